The molecule has 5 nitrogen and oxygen atoms in total. The van der Waals surface area contributed by atoms with Crippen LogP contribution in [0.1, 0.15) is 11.1 Å². The van der Waals surface area contributed by atoms with Crippen LogP contribution in [0.4, 0.5) is 0 Å². The molecule has 0 fully saturated rings. The fraction of sp³-hybridized carbons (Fsp3) is 0.120. The van der Waals surface area contributed by atoms with E-state index in [4.69, 9.17) is 19.2 Å². The number of methoxy groups -OCH3 is 1. The molecule has 0 bridgehead atoms. The van der Waals surface area contributed by atoms with Crippen LogP contribution >= 0.6 is 0 Å². The lowest BCUT2D eigenvalue weighted by Crippen LogP contribution is -2.00. The summed E-state index contributed by atoms with van der Waals surface area (Å²) in [5, 5.41) is 4.87. The monoisotopic (exact) mass is 395 g/mol. The van der Waals surface area contributed by atoms with Crippen LogP contribution in [0, 0.1) is 6.92 Å². The molecule has 0 aliphatic rings. The van der Waals surface area contributed by atoms with Gasteiger partial charge in [0.05, 0.1) is 19.2 Å². The molecule has 0 spiro atoms. The highest BCUT2D eigenvalue weighted by atomic mass is 16.5. The van der Waals surface area contributed by atoms with Gasteiger partial charge in [-0.05, 0) is 54.4 Å². The van der Waals surface area contributed by atoms with Crippen LogP contribution in [0.25, 0.3) is 33.8 Å². The Morgan fingerprint density at radius 2 is 1.77 bits per heavy atom. The van der Waals surface area contributed by atoms with Gasteiger partial charge in [-0.25, -0.2) is 4.98 Å². The minimum absolute atomic E-state index is 0.570. The summed E-state index contributed by atoms with van der Waals surface area (Å²) < 4.78 is 13.4. The average molecular weight is 395 g/mol. The molecule has 5 rings (SSSR count). The summed E-state index contributed by atoms with van der Waals surface area (Å²) in [5.41, 5.74) is 6.62. The third-order valence-corrected chi connectivity index (χ3v) is 5.09. The maximum absolute atomic E-state index is 6.12. The molecule has 5 heteroatoms. The van der Waals surface area contributed by atoms with E-state index in [0.29, 0.717) is 12.4 Å². The minimum atomic E-state index is 0.570. The van der Waals surface area contributed by atoms with E-state index in [9.17, 15) is 0 Å². The summed E-state index contributed by atoms with van der Waals surface area (Å²) in [4.78, 5) is 4.72. The van der Waals surface area contributed by atoms with Gasteiger partial charge >= 0.3 is 0 Å². The second-order valence-electron chi connectivity index (χ2n) is 7.29. The van der Waals surface area contributed by atoms with Crippen LogP contribution in [0.15, 0.2) is 83.4 Å². The van der Waals surface area contributed by atoms with Gasteiger partial charge in [-0.1, -0.05) is 36.4 Å². The Bertz CT molecular complexity index is 1300. The smallest absolute Gasteiger partial charge is 0.231 e. The van der Waals surface area contributed by atoms with E-state index >= 15 is 0 Å². The third kappa shape index (κ3) is 3.46. The van der Waals surface area contributed by atoms with E-state index in [-0.39, 0.29) is 0 Å². The minimum Gasteiger partial charge on any atom is -0.497 e. The Morgan fingerprint density at radius 3 is 2.53 bits per heavy atom. The Kier molecular flexibility index (Phi) is 4.56. The van der Waals surface area contributed by atoms with Crippen molar-refractivity contribution in [1.82, 2.24) is 14.8 Å². The molecule has 0 N–H and O–H groups in total. The number of aromatic nitrogens is 3. The first-order valence-corrected chi connectivity index (χ1v) is 9.83. The van der Waals surface area contributed by atoms with Gasteiger partial charge in [-0.3, -0.25) is 4.68 Å². The zero-order chi connectivity index (χ0) is 20.5. The Balaban J connectivity index is 1.62. The van der Waals surface area contributed by atoms with Crippen molar-refractivity contribution in [3.63, 3.8) is 0 Å². The molecule has 30 heavy (non-hydrogen) atoms. The maximum Gasteiger partial charge on any atom is 0.231 e. The van der Waals surface area contributed by atoms with E-state index in [2.05, 4.69) is 12.1 Å². The van der Waals surface area contributed by atoms with E-state index < -0.39 is 0 Å². The van der Waals surface area contributed by atoms with Crippen molar-refractivity contribution in [3.05, 3.63) is 90.1 Å². The Morgan fingerprint density at radius 1 is 0.967 bits per heavy atom. The molecule has 0 radical (unpaired) electrons. The Labute approximate surface area is 174 Å². The molecule has 3 aromatic carbocycles. The summed E-state index contributed by atoms with van der Waals surface area (Å²) in [7, 11) is 1.66. The van der Waals surface area contributed by atoms with Crippen molar-refractivity contribution >= 4 is 11.1 Å². The zero-order valence-electron chi connectivity index (χ0n) is 16.9. The largest absolute Gasteiger partial charge is 0.497 e. The highest BCUT2D eigenvalue weighted by Gasteiger charge is 2.19. The number of rotatable bonds is 5. The van der Waals surface area contributed by atoms with Crippen LogP contribution in [-0.4, -0.2) is 21.9 Å². The van der Waals surface area contributed by atoms with Gasteiger partial charge in [0.15, 0.2) is 5.58 Å². The van der Waals surface area contributed by atoms with Gasteiger partial charge in [0, 0.05) is 11.8 Å². The molecular formula is C25H21N3O2. The molecule has 0 saturated carbocycles. The number of nitrogens with zero attached hydrogens (tertiary/aromatic N) is 3. The summed E-state index contributed by atoms with van der Waals surface area (Å²) in [5.74, 6) is 1.38. The van der Waals surface area contributed by atoms with Gasteiger partial charge in [0.2, 0.25) is 5.89 Å². The van der Waals surface area contributed by atoms with E-state index in [0.717, 1.165) is 39.2 Å². The molecule has 0 unspecified atom stereocenters. The lowest BCUT2D eigenvalue weighted by molar-refractivity contribution is 0.415. The summed E-state index contributed by atoms with van der Waals surface area (Å²) >= 11 is 0. The van der Waals surface area contributed by atoms with Crippen molar-refractivity contribution in [3.8, 4) is 28.5 Å². The lowest BCUT2D eigenvalue weighted by atomic mass is 10.1. The van der Waals surface area contributed by atoms with Gasteiger partial charge in [-0.15, -0.1) is 0 Å². The fourth-order valence-corrected chi connectivity index (χ4v) is 3.54. The van der Waals surface area contributed by atoms with Crippen molar-refractivity contribution in [2.45, 2.75) is 13.5 Å². The molecule has 5 aromatic rings. The standard InChI is InChI=1S/C25H21N3O2/c1-17-8-13-22-23(14-17)30-25(26-22)21-16-28(15-18-6-4-3-5-7-18)27-24(21)19-9-11-20(29-2)12-10-19/h3-14,16H,15H2,1-2H3. The quantitative estimate of drug-likeness (QED) is 0.382. The number of ether oxygens (including phenoxy) is 1. The first-order valence-electron chi connectivity index (χ1n) is 9.83. The molecule has 0 saturated heterocycles. The average Bonchev–Trinajstić information content (AvgIpc) is 3.38. The molecule has 0 aliphatic heterocycles. The zero-order valence-corrected chi connectivity index (χ0v) is 16.9. The van der Waals surface area contributed by atoms with Gasteiger partial charge in [0.25, 0.3) is 0 Å². The van der Waals surface area contributed by atoms with Crippen molar-refractivity contribution in [1.29, 1.82) is 0 Å². The lowest BCUT2D eigenvalue weighted by Gasteiger charge is -2.03. The second-order valence-corrected chi connectivity index (χ2v) is 7.29. The highest BCUT2D eigenvalue weighted by Crippen LogP contribution is 2.33. The number of oxazole rings is 1. The summed E-state index contributed by atoms with van der Waals surface area (Å²) in [6, 6.07) is 24.2. The predicted octanol–water partition coefficient (Wildman–Crippen LogP) is 5.72. The second kappa shape index (κ2) is 7.52. The first kappa shape index (κ1) is 18.2. The van der Waals surface area contributed by atoms with Crippen LogP contribution in [0.3, 0.4) is 0 Å². The number of hydrogen-bond acceptors (Lipinski definition) is 4. The van der Waals surface area contributed by atoms with Crippen LogP contribution in [-0.2, 0) is 6.54 Å². The third-order valence-electron chi connectivity index (χ3n) is 5.09. The van der Waals surface area contributed by atoms with Crippen LogP contribution in [0.5, 0.6) is 5.75 Å². The molecule has 148 valence electrons. The number of hydrogen-bond donors (Lipinski definition) is 0. The van der Waals surface area contributed by atoms with E-state index in [1.807, 2.05) is 78.5 Å². The molecular weight excluding hydrogens is 374 g/mol. The van der Waals surface area contributed by atoms with Crippen molar-refractivity contribution in [2.75, 3.05) is 7.11 Å². The van der Waals surface area contributed by atoms with Gasteiger partial charge in [-0.2, -0.15) is 5.10 Å². The molecule has 2 aromatic heterocycles. The summed E-state index contributed by atoms with van der Waals surface area (Å²) in [6.45, 7) is 2.71. The molecule has 0 atom stereocenters. The van der Waals surface area contributed by atoms with Gasteiger partial charge in [0.1, 0.15) is 17.0 Å². The molecule has 0 amide bonds. The molecule has 0 aliphatic carbocycles. The highest BCUT2D eigenvalue weighted by molar-refractivity contribution is 5.82. The predicted molar refractivity (Wildman–Crippen MR) is 117 cm³/mol. The Hall–Kier alpha value is -3.86. The number of fused-ring (bicyclic) bond motifs is 1. The van der Waals surface area contributed by atoms with Gasteiger partial charge < -0.3 is 9.15 Å². The number of aryl methyl sites for hydroxylation is 1. The molecule has 2 heterocycles. The normalized spacial score (nSPS) is 11.1. The fourth-order valence-electron chi connectivity index (χ4n) is 3.54. The summed E-state index contributed by atoms with van der Waals surface area (Å²) in [6.07, 6.45) is 2.00. The van der Waals surface area contributed by atoms with Crippen molar-refractivity contribution < 1.29 is 9.15 Å². The topological polar surface area (TPSA) is 53.1 Å². The van der Waals surface area contributed by atoms with E-state index in [1.165, 1.54) is 5.56 Å². The maximum atomic E-state index is 6.12. The van der Waals surface area contributed by atoms with Crippen LogP contribution in [0.2, 0.25) is 0 Å². The first-order chi connectivity index (χ1) is 14.7. The van der Waals surface area contributed by atoms with E-state index in [1.54, 1.807) is 7.11 Å². The van der Waals surface area contributed by atoms with Crippen molar-refractivity contribution in [2.24, 2.45) is 0 Å². The SMILES string of the molecule is COc1ccc(-c2nn(Cc3ccccc3)cc2-c2nc3ccc(C)cc3o2)cc1. The van der Waals surface area contributed by atoms with Crippen LogP contribution < -0.4 is 4.74 Å². The number of benzene rings is 3.